The number of thiophene rings is 1. The molecule has 1 aromatic heterocycles. The zero-order valence-electron chi connectivity index (χ0n) is 11.4. The number of amides is 2. The Balaban J connectivity index is 2.14. The van der Waals surface area contributed by atoms with Gasteiger partial charge < -0.3 is 5.32 Å². The van der Waals surface area contributed by atoms with Gasteiger partial charge in [-0.15, -0.1) is 11.3 Å². The van der Waals surface area contributed by atoms with Crippen molar-refractivity contribution in [2.24, 2.45) is 0 Å². The zero-order valence-corrected chi connectivity index (χ0v) is 12.2. The summed E-state index contributed by atoms with van der Waals surface area (Å²) in [6.07, 6.45) is 0.854. The lowest BCUT2D eigenvalue weighted by molar-refractivity contribution is 0.262. The molecule has 2 aromatic rings. The Hall–Kier alpha value is -2.32. The third kappa shape index (κ3) is 2.98. The number of anilines is 2. The molecule has 2 amide bonds. The maximum absolute atomic E-state index is 11.9. The molecule has 4 nitrogen and oxygen atoms in total. The van der Waals surface area contributed by atoms with Gasteiger partial charge in [-0.3, -0.25) is 5.32 Å². The van der Waals surface area contributed by atoms with E-state index in [0.717, 1.165) is 16.9 Å². The van der Waals surface area contributed by atoms with Crippen LogP contribution in [0.15, 0.2) is 30.3 Å². The summed E-state index contributed by atoms with van der Waals surface area (Å²) in [6.45, 7) is 3.95. The van der Waals surface area contributed by atoms with Crippen LogP contribution in [0.4, 0.5) is 15.5 Å². The van der Waals surface area contributed by atoms with Crippen molar-refractivity contribution < 1.29 is 4.79 Å². The van der Waals surface area contributed by atoms with Crippen molar-refractivity contribution in [2.45, 2.75) is 20.3 Å². The molecule has 0 bridgehead atoms. The Kier molecular flexibility index (Phi) is 4.38. The highest BCUT2D eigenvalue weighted by molar-refractivity contribution is 7.16. The summed E-state index contributed by atoms with van der Waals surface area (Å²) in [4.78, 5) is 13.1. The number of rotatable bonds is 3. The Morgan fingerprint density at radius 1 is 1.30 bits per heavy atom. The molecule has 1 aromatic carbocycles. The summed E-state index contributed by atoms with van der Waals surface area (Å²) in [7, 11) is 0. The number of carbonyl (C=O) groups excluding carboxylic acids is 1. The standard InChI is InChI=1S/C15H15N3OS/c1-3-13-10(2)12(9-16)14(20-13)18-15(19)17-11-7-5-4-6-8-11/h4-8H,3H2,1-2H3,(H2,17,18,19). The average molecular weight is 285 g/mol. The van der Waals surface area contributed by atoms with E-state index in [0.29, 0.717) is 16.3 Å². The van der Waals surface area contributed by atoms with Gasteiger partial charge in [-0.05, 0) is 31.0 Å². The van der Waals surface area contributed by atoms with Crippen molar-refractivity contribution in [1.82, 2.24) is 0 Å². The molecule has 0 aliphatic heterocycles. The summed E-state index contributed by atoms with van der Waals surface area (Å²) >= 11 is 1.46. The minimum atomic E-state index is -0.336. The van der Waals surface area contributed by atoms with Crippen LogP contribution in [-0.4, -0.2) is 6.03 Å². The first-order valence-electron chi connectivity index (χ1n) is 6.31. The monoisotopic (exact) mass is 285 g/mol. The van der Waals surface area contributed by atoms with Crippen molar-refractivity contribution in [3.8, 4) is 6.07 Å². The maximum atomic E-state index is 11.9. The molecule has 5 heteroatoms. The minimum Gasteiger partial charge on any atom is -0.308 e. The average Bonchev–Trinajstić information content (AvgIpc) is 2.75. The van der Waals surface area contributed by atoms with E-state index in [-0.39, 0.29) is 6.03 Å². The Labute approximate surface area is 122 Å². The first-order chi connectivity index (χ1) is 9.65. The Bertz CT molecular complexity index is 656. The van der Waals surface area contributed by atoms with Gasteiger partial charge in [0, 0.05) is 10.6 Å². The number of nitrogens with zero attached hydrogens (tertiary/aromatic N) is 1. The van der Waals surface area contributed by atoms with Gasteiger partial charge in [-0.2, -0.15) is 5.26 Å². The molecular weight excluding hydrogens is 270 g/mol. The molecule has 2 rings (SSSR count). The molecule has 0 saturated heterocycles. The van der Waals surface area contributed by atoms with E-state index < -0.39 is 0 Å². The van der Waals surface area contributed by atoms with E-state index >= 15 is 0 Å². The third-order valence-corrected chi connectivity index (χ3v) is 4.29. The Morgan fingerprint density at radius 3 is 2.60 bits per heavy atom. The molecular formula is C15H15N3OS. The zero-order chi connectivity index (χ0) is 14.5. The molecule has 20 heavy (non-hydrogen) atoms. The van der Waals surface area contributed by atoms with Gasteiger partial charge in [0.2, 0.25) is 0 Å². The number of nitriles is 1. The lowest BCUT2D eigenvalue weighted by atomic mass is 10.1. The highest BCUT2D eigenvalue weighted by atomic mass is 32.1. The fourth-order valence-electron chi connectivity index (χ4n) is 1.91. The number of nitrogens with one attached hydrogen (secondary N) is 2. The van der Waals surface area contributed by atoms with E-state index in [4.69, 9.17) is 0 Å². The van der Waals surface area contributed by atoms with Crippen molar-refractivity contribution >= 4 is 28.1 Å². The van der Waals surface area contributed by atoms with Gasteiger partial charge in [0.05, 0.1) is 5.56 Å². The smallest absolute Gasteiger partial charge is 0.308 e. The summed E-state index contributed by atoms with van der Waals surface area (Å²) in [5.74, 6) is 0. The fourth-order valence-corrected chi connectivity index (χ4v) is 3.00. The van der Waals surface area contributed by atoms with Crippen LogP contribution in [0.1, 0.15) is 22.9 Å². The first-order valence-corrected chi connectivity index (χ1v) is 7.12. The van der Waals surface area contributed by atoms with Crippen molar-refractivity contribution in [3.05, 3.63) is 46.3 Å². The molecule has 0 unspecified atom stereocenters. The number of carbonyl (C=O) groups is 1. The van der Waals surface area contributed by atoms with Gasteiger partial charge in [0.1, 0.15) is 11.1 Å². The SMILES string of the molecule is CCc1sc(NC(=O)Nc2ccccc2)c(C#N)c1C. The van der Waals surface area contributed by atoms with E-state index in [9.17, 15) is 10.1 Å². The molecule has 0 aliphatic rings. The number of aryl methyl sites for hydroxylation is 1. The van der Waals surface area contributed by atoms with Crippen LogP contribution in [0, 0.1) is 18.3 Å². The largest absolute Gasteiger partial charge is 0.324 e. The molecule has 0 fully saturated rings. The first kappa shape index (κ1) is 14.1. The molecule has 1 heterocycles. The molecule has 0 radical (unpaired) electrons. The van der Waals surface area contributed by atoms with E-state index in [1.807, 2.05) is 44.2 Å². The third-order valence-electron chi connectivity index (χ3n) is 2.94. The second-order valence-electron chi connectivity index (χ2n) is 4.26. The Morgan fingerprint density at radius 2 is 2.00 bits per heavy atom. The van der Waals surface area contributed by atoms with Gasteiger partial charge >= 0.3 is 6.03 Å². The molecule has 2 N–H and O–H groups in total. The van der Waals surface area contributed by atoms with Gasteiger partial charge in [-0.25, -0.2) is 4.79 Å². The summed E-state index contributed by atoms with van der Waals surface area (Å²) in [5.41, 5.74) is 2.22. The molecule has 0 aliphatic carbocycles. The van der Waals surface area contributed by atoms with E-state index in [1.54, 1.807) is 0 Å². The van der Waals surface area contributed by atoms with Crippen molar-refractivity contribution in [2.75, 3.05) is 10.6 Å². The quantitative estimate of drug-likeness (QED) is 0.890. The van der Waals surface area contributed by atoms with Gasteiger partial charge in [0.15, 0.2) is 0 Å². The second kappa shape index (κ2) is 6.22. The highest BCUT2D eigenvalue weighted by Gasteiger charge is 2.15. The lowest BCUT2D eigenvalue weighted by Gasteiger charge is -2.06. The van der Waals surface area contributed by atoms with Crippen LogP contribution in [0.25, 0.3) is 0 Å². The van der Waals surface area contributed by atoms with Crippen LogP contribution in [0.5, 0.6) is 0 Å². The number of hydrogen-bond donors (Lipinski definition) is 2. The number of benzene rings is 1. The number of para-hydroxylation sites is 1. The van der Waals surface area contributed by atoms with Crippen LogP contribution in [0.2, 0.25) is 0 Å². The maximum Gasteiger partial charge on any atom is 0.324 e. The minimum absolute atomic E-state index is 0.336. The molecule has 0 atom stereocenters. The lowest BCUT2D eigenvalue weighted by Crippen LogP contribution is -2.19. The molecule has 0 spiro atoms. The summed E-state index contributed by atoms with van der Waals surface area (Å²) in [6, 6.07) is 11.0. The highest BCUT2D eigenvalue weighted by Crippen LogP contribution is 2.32. The number of hydrogen-bond acceptors (Lipinski definition) is 3. The fraction of sp³-hybridized carbons (Fsp3) is 0.200. The molecule has 0 saturated carbocycles. The summed E-state index contributed by atoms with van der Waals surface area (Å²) < 4.78 is 0. The van der Waals surface area contributed by atoms with Crippen molar-refractivity contribution in [1.29, 1.82) is 5.26 Å². The van der Waals surface area contributed by atoms with Gasteiger partial charge in [0.25, 0.3) is 0 Å². The van der Waals surface area contributed by atoms with Crippen LogP contribution >= 0.6 is 11.3 Å². The molecule has 102 valence electrons. The normalized spacial score (nSPS) is 9.85. The van der Waals surface area contributed by atoms with E-state index in [1.165, 1.54) is 11.3 Å². The predicted molar refractivity (Wildman–Crippen MR) is 82.2 cm³/mol. The summed E-state index contributed by atoms with van der Waals surface area (Å²) in [5, 5.41) is 15.3. The van der Waals surface area contributed by atoms with Crippen molar-refractivity contribution in [3.63, 3.8) is 0 Å². The van der Waals surface area contributed by atoms with Crippen LogP contribution in [-0.2, 0) is 6.42 Å². The van der Waals surface area contributed by atoms with Crippen LogP contribution in [0.3, 0.4) is 0 Å². The second-order valence-corrected chi connectivity index (χ2v) is 5.37. The van der Waals surface area contributed by atoms with Crippen LogP contribution < -0.4 is 10.6 Å². The topological polar surface area (TPSA) is 64.9 Å². The predicted octanol–water partition coefficient (Wildman–Crippen LogP) is 4.13. The van der Waals surface area contributed by atoms with Gasteiger partial charge in [-0.1, -0.05) is 25.1 Å². The van der Waals surface area contributed by atoms with E-state index in [2.05, 4.69) is 16.7 Å². The number of urea groups is 1.